The summed E-state index contributed by atoms with van der Waals surface area (Å²) in [5.41, 5.74) is 3.64. The number of hydrogen-bond donors (Lipinski definition) is 2. The summed E-state index contributed by atoms with van der Waals surface area (Å²) in [7, 11) is 3.56. The van der Waals surface area contributed by atoms with Crippen molar-refractivity contribution in [2.24, 2.45) is 0 Å². The summed E-state index contributed by atoms with van der Waals surface area (Å²) >= 11 is 0. The van der Waals surface area contributed by atoms with Crippen LogP contribution in [0.2, 0.25) is 0 Å². The number of piperazine rings is 1. The number of likely N-dealkylation sites (N-methyl/N-ethyl adjacent to an activating group) is 1. The Morgan fingerprint density at radius 2 is 2.05 bits per heavy atom. The van der Waals surface area contributed by atoms with Gasteiger partial charge in [-0.1, -0.05) is 6.07 Å². The van der Waals surface area contributed by atoms with Gasteiger partial charge in [-0.25, -0.2) is 5.01 Å². The largest absolute Gasteiger partial charge is 0.504 e. The molecule has 1 aliphatic heterocycles. The number of ether oxygens (including phenoxy) is 1. The van der Waals surface area contributed by atoms with Crippen LogP contribution in [0.25, 0.3) is 6.08 Å². The van der Waals surface area contributed by atoms with Crippen LogP contribution in [0.15, 0.2) is 24.3 Å². The van der Waals surface area contributed by atoms with Gasteiger partial charge in [0.05, 0.1) is 7.11 Å². The normalized spacial score (nSPS) is 17.0. The number of amides is 1. The lowest BCUT2D eigenvalue weighted by molar-refractivity contribution is -0.121. The van der Waals surface area contributed by atoms with Crippen LogP contribution < -0.4 is 10.2 Å². The van der Waals surface area contributed by atoms with Gasteiger partial charge in [0.15, 0.2) is 11.5 Å². The van der Waals surface area contributed by atoms with Crippen molar-refractivity contribution in [1.82, 2.24) is 15.3 Å². The molecule has 1 saturated heterocycles. The highest BCUT2D eigenvalue weighted by atomic mass is 16.5. The summed E-state index contributed by atoms with van der Waals surface area (Å²) in [5, 5.41) is 11.4. The number of nitrogens with zero attached hydrogens (tertiary/aromatic N) is 2. The molecule has 21 heavy (non-hydrogen) atoms. The van der Waals surface area contributed by atoms with Crippen LogP contribution in [0.3, 0.4) is 0 Å². The minimum absolute atomic E-state index is 0.0801. The van der Waals surface area contributed by atoms with Crippen molar-refractivity contribution in [3.05, 3.63) is 29.8 Å². The first-order valence-corrected chi connectivity index (χ1v) is 6.87. The maximum Gasteiger partial charge on any atom is 0.258 e. The molecule has 1 amide bonds. The Balaban J connectivity index is 1.90. The van der Waals surface area contributed by atoms with Crippen molar-refractivity contribution in [3.8, 4) is 11.5 Å². The molecule has 0 aliphatic carbocycles. The van der Waals surface area contributed by atoms with Crippen molar-refractivity contribution in [3.63, 3.8) is 0 Å². The van der Waals surface area contributed by atoms with Gasteiger partial charge in [0, 0.05) is 32.3 Å². The molecule has 1 heterocycles. The number of carbonyl (C=O) groups is 1. The van der Waals surface area contributed by atoms with E-state index in [1.165, 1.54) is 19.3 Å². The van der Waals surface area contributed by atoms with Gasteiger partial charge in [0.1, 0.15) is 0 Å². The fourth-order valence-electron chi connectivity index (χ4n) is 2.08. The summed E-state index contributed by atoms with van der Waals surface area (Å²) in [6.45, 7) is 3.53. The summed E-state index contributed by atoms with van der Waals surface area (Å²) in [6, 6.07) is 4.93. The predicted octanol–water partition coefficient (Wildman–Crippen LogP) is 0.693. The third-order valence-corrected chi connectivity index (χ3v) is 3.40. The van der Waals surface area contributed by atoms with E-state index in [1.807, 2.05) is 5.01 Å². The number of methoxy groups -OCH3 is 1. The van der Waals surface area contributed by atoms with Gasteiger partial charge in [-0.05, 0) is 30.8 Å². The second-order valence-corrected chi connectivity index (χ2v) is 5.03. The van der Waals surface area contributed by atoms with Crippen LogP contribution >= 0.6 is 0 Å². The fourth-order valence-corrected chi connectivity index (χ4v) is 2.08. The number of benzene rings is 1. The van der Waals surface area contributed by atoms with Gasteiger partial charge in [0.2, 0.25) is 0 Å². The van der Waals surface area contributed by atoms with Gasteiger partial charge in [0.25, 0.3) is 5.91 Å². The van der Waals surface area contributed by atoms with Crippen molar-refractivity contribution >= 4 is 12.0 Å². The highest BCUT2D eigenvalue weighted by Gasteiger charge is 2.14. The fraction of sp³-hybridized carbons (Fsp3) is 0.400. The number of hydrogen-bond acceptors (Lipinski definition) is 5. The molecule has 6 heteroatoms. The lowest BCUT2D eigenvalue weighted by Crippen LogP contribution is -2.52. The lowest BCUT2D eigenvalue weighted by Gasteiger charge is -2.31. The van der Waals surface area contributed by atoms with E-state index in [0.29, 0.717) is 5.75 Å². The maximum atomic E-state index is 11.9. The zero-order valence-electron chi connectivity index (χ0n) is 12.4. The number of hydrazine groups is 1. The minimum atomic E-state index is -0.161. The van der Waals surface area contributed by atoms with E-state index in [2.05, 4.69) is 17.4 Å². The van der Waals surface area contributed by atoms with Crippen molar-refractivity contribution in [2.75, 3.05) is 40.3 Å². The van der Waals surface area contributed by atoms with Gasteiger partial charge >= 0.3 is 0 Å². The number of rotatable bonds is 4. The molecule has 1 fully saturated rings. The van der Waals surface area contributed by atoms with Crippen LogP contribution in [0.5, 0.6) is 11.5 Å². The second-order valence-electron chi connectivity index (χ2n) is 5.03. The number of nitrogens with one attached hydrogen (secondary N) is 1. The Morgan fingerprint density at radius 1 is 1.33 bits per heavy atom. The lowest BCUT2D eigenvalue weighted by atomic mass is 10.2. The molecule has 2 N–H and O–H groups in total. The van der Waals surface area contributed by atoms with Crippen LogP contribution in [0.1, 0.15) is 5.56 Å². The first-order chi connectivity index (χ1) is 10.1. The van der Waals surface area contributed by atoms with E-state index in [9.17, 15) is 9.90 Å². The highest BCUT2D eigenvalue weighted by Crippen LogP contribution is 2.26. The topological polar surface area (TPSA) is 65.0 Å². The number of aromatic hydroxyl groups is 1. The molecule has 0 unspecified atom stereocenters. The molecule has 114 valence electrons. The Labute approximate surface area is 124 Å². The van der Waals surface area contributed by atoms with Gasteiger partial charge in [-0.3, -0.25) is 10.2 Å². The monoisotopic (exact) mass is 291 g/mol. The van der Waals surface area contributed by atoms with Crippen LogP contribution in [-0.4, -0.2) is 61.3 Å². The first-order valence-electron chi connectivity index (χ1n) is 6.87. The predicted molar refractivity (Wildman–Crippen MR) is 80.9 cm³/mol. The third kappa shape index (κ3) is 4.47. The summed E-state index contributed by atoms with van der Waals surface area (Å²) < 4.78 is 5.03. The molecule has 0 atom stereocenters. The van der Waals surface area contributed by atoms with Crippen LogP contribution in [-0.2, 0) is 4.79 Å². The van der Waals surface area contributed by atoms with E-state index in [4.69, 9.17) is 4.74 Å². The standard InChI is InChI=1S/C15H21N3O3/c1-17-7-9-18(10-8-17)16-15(20)6-4-12-3-5-13(19)14(11-12)21-2/h3-6,11,19H,7-10H2,1-2H3,(H,16,20). The zero-order valence-corrected chi connectivity index (χ0v) is 12.4. The highest BCUT2D eigenvalue weighted by molar-refractivity contribution is 5.91. The van der Waals surface area contributed by atoms with Crippen molar-refractivity contribution in [1.29, 1.82) is 0 Å². The van der Waals surface area contributed by atoms with Crippen molar-refractivity contribution < 1.29 is 14.6 Å². The summed E-state index contributed by atoms with van der Waals surface area (Å²) in [6.07, 6.45) is 3.16. The molecular weight excluding hydrogens is 270 g/mol. The van der Waals surface area contributed by atoms with E-state index in [-0.39, 0.29) is 11.7 Å². The minimum Gasteiger partial charge on any atom is -0.504 e. The SMILES string of the molecule is COc1cc(C=CC(=O)NN2CCN(C)CC2)ccc1O. The molecule has 1 aromatic carbocycles. The molecule has 0 radical (unpaired) electrons. The maximum absolute atomic E-state index is 11.9. The van der Waals surface area contributed by atoms with Crippen LogP contribution in [0.4, 0.5) is 0 Å². The average molecular weight is 291 g/mol. The van der Waals surface area contributed by atoms with E-state index < -0.39 is 0 Å². The molecule has 1 aromatic rings. The van der Waals surface area contributed by atoms with Crippen LogP contribution in [0, 0.1) is 0 Å². The molecule has 0 bridgehead atoms. The van der Waals surface area contributed by atoms with Gasteiger partial charge < -0.3 is 14.7 Å². The van der Waals surface area contributed by atoms with E-state index in [0.717, 1.165) is 31.7 Å². The van der Waals surface area contributed by atoms with E-state index in [1.54, 1.807) is 18.2 Å². The third-order valence-electron chi connectivity index (χ3n) is 3.40. The zero-order chi connectivity index (χ0) is 15.2. The first kappa shape index (κ1) is 15.3. The summed E-state index contributed by atoms with van der Waals surface area (Å²) in [4.78, 5) is 14.1. The van der Waals surface area contributed by atoms with Gasteiger partial charge in [-0.15, -0.1) is 0 Å². The smallest absolute Gasteiger partial charge is 0.258 e. The molecule has 0 aromatic heterocycles. The summed E-state index contributed by atoms with van der Waals surface area (Å²) in [5.74, 6) is 0.305. The molecule has 1 aliphatic rings. The Bertz CT molecular complexity index is 523. The quantitative estimate of drug-likeness (QED) is 0.799. The number of carbonyl (C=O) groups excluding carboxylic acids is 1. The Hall–Kier alpha value is -2.05. The van der Waals surface area contributed by atoms with Crippen molar-refractivity contribution in [2.45, 2.75) is 0 Å². The molecule has 0 spiro atoms. The molecular formula is C15H21N3O3. The number of phenolic OH excluding ortho intramolecular Hbond substituents is 1. The van der Waals surface area contributed by atoms with E-state index >= 15 is 0 Å². The molecule has 2 rings (SSSR count). The molecule has 0 saturated carbocycles. The van der Waals surface area contributed by atoms with Gasteiger partial charge in [-0.2, -0.15) is 0 Å². The average Bonchev–Trinajstić information content (AvgIpc) is 2.49. The Morgan fingerprint density at radius 3 is 2.71 bits per heavy atom. The second kappa shape index (κ2) is 7.10. The number of phenols is 1. The Kier molecular flexibility index (Phi) is 5.19. The molecule has 6 nitrogen and oxygen atoms in total.